The monoisotopic (exact) mass is 315 g/mol. The summed E-state index contributed by atoms with van der Waals surface area (Å²) in [6.45, 7) is 2.59. The zero-order valence-corrected chi connectivity index (χ0v) is 13.0. The molecular formula is C17H21N3O3. The Morgan fingerprint density at radius 2 is 2.43 bits per heavy atom. The highest BCUT2D eigenvalue weighted by molar-refractivity contribution is 5.94. The maximum atomic E-state index is 12.2. The molecule has 1 saturated heterocycles. The maximum Gasteiger partial charge on any atom is 0.251 e. The van der Waals surface area contributed by atoms with Crippen molar-refractivity contribution in [2.24, 2.45) is 0 Å². The summed E-state index contributed by atoms with van der Waals surface area (Å²) in [5, 5.41) is 2.89. The molecule has 2 aromatic rings. The van der Waals surface area contributed by atoms with Gasteiger partial charge < -0.3 is 19.4 Å². The van der Waals surface area contributed by atoms with E-state index in [4.69, 9.17) is 9.47 Å². The predicted octanol–water partition coefficient (Wildman–Crippen LogP) is 1.87. The molecule has 23 heavy (non-hydrogen) atoms. The molecule has 2 heterocycles. The zero-order chi connectivity index (χ0) is 15.9. The van der Waals surface area contributed by atoms with E-state index in [-0.39, 0.29) is 12.0 Å². The molecule has 3 rings (SSSR count). The van der Waals surface area contributed by atoms with Crippen LogP contribution in [0.4, 0.5) is 0 Å². The van der Waals surface area contributed by atoms with Gasteiger partial charge in [0.2, 0.25) is 0 Å². The first-order valence-corrected chi connectivity index (χ1v) is 7.90. The number of hydrogen-bond donors (Lipinski definition) is 1. The van der Waals surface area contributed by atoms with E-state index in [0.717, 1.165) is 19.4 Å². The number of aromatic nitrogens is 2. The van der Waals surface area contributed by atoms with Gasteiger partial charge in [-0.25, -0.2) is 4.98 Å². The number of rotatable bonds is 7. The summed E-state index contributed by atoms with van der Waals surface area (Å²) in [6, 6.07) is 7.24. The van der Waals surface area contributed by atoms with Gasteiger partial charge in [0.15, 0.2) is 0 Å². The summed E-state index contributed by atoms with van der Waals surface area (Å²) >= 11 is 0. The largest absolute Gasteiger partial charge is 0.491 e. The van der Waals surface area contributed by atoms with Crippen molar-refractivity contribution in [3.8, 4) is 5.75 Å². The average molecular weight is 315 g/mol. The van der Waals surface area contributed by atoms with Gasteiger partial charge in [0.25, 0.3) is 5.91 Å². The summed E-state index contributed by atoms with van der Waals surface area (Å²) in [5.41, 5.74) is 0.598. The van der Waals surface area contributed by atoms with Gasteiger partial charge in [0.1, 0.15) is 12.4 Å². The smallest absolute Gasteiger partial charge is 0.251 e. The van der Waals surface area contributed by atoms with Crippen molar-refractivity contribution < 1.29 is 14.3 Å². The Kier molecular flexibility index (Phi) is 5.26. The highest BCUT2D eigenvalue weighted by Crippen LogP contribution is 2.17. The first-order chi connectivity index (χ1) is 11.3. The Hall–Kier alpha value is -2.34. The van der Waals surface area contributed by atoms with Crippen LogP contribution in [0.5, 0.6) is 5.75 Å². The summed E-state index contributed by atoms with van der Waals surface area (Å²) in [5.74, 6) is 0.593. The third-order valence-corrected chi connectivity index (χ3v) is 3.77. The fraction of sp³-hybridized carbons (Fsp3) is 0.412. The molecule has 6 heteroatoms. The van der Waals surface area contributed by atoms with Crippen LogP contribution in [0.2, 0.25) is 0 Å². The number of nitrogens with one attached hydrogen (secondary N) is 1. The highest BCUT2D eigenvalue weighted by atomic mass is 16.5. The standard InChI is InChI=1S/C17H21N3O3/c21-17(19-7-9-20-8-6-18-13-20)14-3-1-4-15(11-14)23-12-16-5-2-10-22-16/h1,3-4,6,8,11,13,16H,2,5,7,9-10,12H2,(H,19,21)/t16-/m0/s1. The number of nitrogens with zero attached hydrogens (tertiary/aromatic N) is 2. The second kappa shape index (κ2) is 7.78. The number of imidazole rings is 1. The molecular weight excluding hydrogens is 294 g/mol. The van der Waals surface area contributed by atoms with Gasteiger partial charge in [-0.1, -0.05) is 6.07 Å². The molecule has 1 aliphatic heterocycles. The van der Waals surface area contributed by atoms with Crippen LogP contribution in [0.15, 0.2) is 43.0 Å². The Bertz CT molecular complexity index is 622. The summed E-state index contributed by atoms with van der Waals surface area (Å²) < 4.78 is 13.2. The zero-order valence-electron chi connectivity index (χ0n) is 13.0. The Balaban J connectivity index is 1.48. The van der Waals surface area contributed by atoms with Crippen LogP contribution in [-0.4, -0.2) is 41.3 Å². The molecule has 6 nitrogen and oxygen atoms in total. The molecule has 0 unspecified atom stereocenters. The second-order valence-corrected chi connectivity index (χ2v) is 5.53. The Labute approximate surface area is 135 Å². The van der Waals surface area contributed by atoms with Crippen molar-refractivity contribution >= 4 is 5.91 Å². The SMILES string of the molecule is O=C(NCCn1ccnc1)c1cccc(OC[C@@H]2CCCO2)c1. The molecule has 1 fully saturated rings. The van der Waals surface area contributed by atoms with Crippen molar-refractivity contribution in [2.45, 2.75) is 25.5 Å². The van der Waals surface area contributed by atoms with Crippen molar-refractivity contribution in [1.82, 2.24) is 14.9 Å². The van der Waals surface area contributed by atoms with E-state index in [1.807, 2.05) is 22.9 Å². The molecule has 1 atom stereocenters. The number of carbonyl (C=O) groups is 1. The normalized spacial score (nSPS) is 17.1. The van der Waals surface area contributed by atoms with Crippen molar-refractivity contribution in [1.29, 1.82) is 0 Å². The van der Waals surface area contributed by atoms with Crippen LogP contribution in [0.1, 0.15) is 23.2 Å². The van der Waals surface area contributed by atoms with Gasteiger partial charge >= 0.3 is 0 Å². The van der Waals surface area contributed by atoms with Crippen molar-refractivity contribution in [3.63, 3.8) is 0 Å². The van der Waals surface area contributed by atoms with Gasteiger partial charge in [-0.15, -0.1) is 0 Å². The van der Waals surface area contributed by atoms with Crippen LogP contribution >= 0.6 is 0 Å². The van der Waals surface area contributed by atoms with Crippen LogP contribution < -0.4 is 10.1 Å². The van der Waals surface area contributed by atoms with Crippen molar-refractivity contribution in [3.05, 3.63) is 48.5 Å². The minimum atomic E-state index is -0.104. The lowest BCUT2D eigenvalue weighted by molar-refractivity contribution is 0.0679. The predicted molar refractivity (Wildman–Crippen MR) is 85.5 cm³/mol. The summed E-state index contributed by atoms with van der Waals surface area (Å²) in [7, 11) is 0. The topological polar surface area (TPSA) is 65.4 Å². The van der Waals surface area contributed by atoms with Crippen LogP contribution in [0, 0.1) is 0 Å². The van der Waals surface area contributed by atoms with E-state index in [0.29, 0.717) is 31.0 Å². The average Bonchev–Trinajstić information content (AvgIpc) is 3.27. The molecule has 0 spiro atoms. The molecule has 1 aromatic heterocycles. The number of hydrogen-bond acceptors (Lipinski definition) is 4. The molecule has 0 radical (unpaired) electrons. The highest BCUT2D eigenvalue weighted by Gasteiger charge is 2.16. The number of amides is 1. The number of ether oxygens (including phenoxy) is 2. The van der Waals surface area contributed by atoms with Crippen LogP contribution in [-0.2, 0) is 11.3 Å². The first kappa shape index (κ1) is 15.6. The minimum Gasteiger partial charge on any atom is -0.491 e. The maximum absolute atomic E-state index is 12.2. The molecule has 1 aliphatic rings. The molecule has 122 valence electrons. The fourth-order valence-electron chi connectivity index (χ4n) is 2.51. The summed E-state index contributed by atoms with van der Waals surface area (Å²) in [6.07, 6.45) is 7.61. The van der Waals surface area contributed by atoms with E-state index in [2.05, 4.69) is 10.3 Å². The number of carbonyl (C=O) groups excluding carboxylic acids is 1. The van der Waals surface area contributed by atoms with E-state index in [9.17, 15) is 4.79 Å². The molecule has 0 bridgehead atoms. The second-order valence-electron chi connectivity index (χ2n) is 5.53. The molecule has 1 amide bonds. The molecule has 0 aliphatic carbocycles. The van der Waals surface area contributed by atoms with Gasteiger partial charge in [-0.2, -0.15) is 0 Å². The molecule has 0 saturated carbocycles. The third kappa shape index (κ3) is 4.56. The first-order valence-electron chi connectivity index (χ1n) is 7.90. The van der Waals surface area contributed by atoms with Crippen molar-refractivity contribution in [2.75, 3.05) is 19.8 Å². The van der Waals surface area contributed by atoms with Gasteiger partial charge in [0.05, 0.1) is 12.4 Å². The van der Waals surface area contributed by atoms with Crippen LogP contribution in [0.3, 0.4) is 0 Å². The molecule has 1 N–H and O–H groups in total. The van der Waals surface area contributed by atoms with Gasteiger partial charge in [-0.05, 0) is 31.0 Å². The quantitative estimate of drug-likeness (QED) is 0.847. The van der Waals surface area contributed by atoms with E-state index in [1.54, 1.807) is 24.7 Å². The van der Waals surface area contributed by atoms with E-state index >= 15 is 0 Å². The van der Waals surface area contributed by atoms with Gasteiger partial charge in [0, 0.05) is 37.7 Å². The lowest BCUT2D eigenvalue weighted by atomic mass is 10.2. The third-order valence-electron chi connectivity index (χ3n) is 3.77. The summed E-state index contributed by atoms with van der Waals surface area (Å²) in [4.78, 5) is 16.1. The fourth-order valence-corrected chi connectivity index (χ4v) is 2.51. The molecule has 1 aromatic carbocycles. The van der Waals surface area contributed by atoms with Gasteiger partial charge in [-0.3, -0.25) is 4.79 Å². The number of benzene rings is 1. The van der Waals surface area contributed by atoms with E-state index in [1.165, 1.54) is 0 Å². The van der Waals surface area contributed by atoms with E-state index < -0.39 is 0 Å². The lowest BCUT2D eigenvalue weighted by Crippen LogP contribution is -2.27. The lowest BCUT2D eigenvalue weighted by Gasteiger charge is -2.12. The van der Waals surface area contributed by atoms with Crippen LogP contribution in [0.25, 0.3) is 0 Å². The Morgan fingerprint density at radius 1 is 1.48 bits per heavy atom. The minimum absolute atomic E-state index is 0.104. The Morgan fingerprint density at radius 3 is 3.22 bits per heavy atom.